The fourth-order valence-corrected chi connectivity index (χ4v) is 2.06. The summed E-state index contributed by atoms with van der Waals surface area (Å²) in [5, 5.41) is 0. The summed E-state index contributed by atoms with van der Waals surface area (Å²) in [6.07, 6.45) is 11.7. The molecule has 2 nitrogen and oxygen atoms in total. The van der Waals surface area contributed by atoms with E-state index in [0.29, 0.717) is 17.9 Å². The maximum Gasteiger partial charge on any atom is 0.305 e. The van der Waals surface area contributed by atoms with Gasteiger partial charge in [0, 0.05) is 11.2 Å². The van der Waals surface area contributed by atoms with Gasteiger partial charge in [-0.15, -0.1) is 0 Å². The van der Waals surface area contributed by atoms with Gasteiger partial charge >= 0.3 is 5.97 Å². The van der Waals surface area contributed by atoms with Crippen LogP contribution in [0.5, 0.6) is 0 Å². The van der Waals surface area contributed by atoms with Crippen LogP contribution in [0.3, 0.4) is 0 Å². The molecule has 0 aromatic rings. The predicted molar refractivity (Wildman–Crippen MR) is 76.5 cm³/mol. The van der Waals surface area contributed by atoms with E-state index < -0.39 is 0 Å². The summed E-state index contributed by atoms with van der Waals surface area (Å²) in [5.74, 6) is -0.0835. The summed E-state index contributed by atoms with van der Waals surface area (Å²) in [7, 11) is 0. The summed E-state index contributed by atoms with van der Waals surface area (Å²) < 4.78 is 4.89. The third kappa shape index (κ3) is 11.9. The summed E-state index contributed by atoms with van der Waals surface area (Å²) in [6, 6.07) is 0. The first kappa shape index (κ1) is 16.7. The largest absolute Gasteiger partial charge is 0.466 e. The van der Waals surface area contributed by atoms with Crippen molar-refractivity contribution in [3.05, 3.63) is 12.2 Å². The number of hydrogen-bond acceptors (Lipinski definition) is 2. The molecule has 0 N–H and O–H groups in total. The molecule has 0 aliphatic heterocycles. The summed E-state index contributed by atoms with van der Waals surface area (Å²) in [5.41, 5.74) is 0. The molecule has 17 heavy (non-hydrogen) atoms. The van der Waals surface area contributed by atoms with Gasteiger partial charge in [0.2, 0.25) is 0 Å². The standard InChI is InChI=1S/C14H25BrO2/c1-3-5-6-7-8-9-10-13(15)11-12-14(16)17-4-2/h6-7,13H,3-5,8-12H2,1-2H3/b7-6+. The van der Waals surface area contributed by atoms with Gasteiger partial charge in [-0.2, -0.15) is 0 Å². The van der Waals surface area contributed by atoms with Crippen molar-refractivity contribution in [3.63, 3.8) is 0 Å². The Hall–Kier alpha value is -0.310. The van der Waals surface area contributed by atoms with Crippen molar-refractivity contribution in [2.75, 3.05) is 6.61 Å². The Bertz CT molecular complexity index is 214. The highest BCUT2D eigenvalue weighted by Gasteiger charge is 2.07. The van der Waals surface area contributed by atoms with Crippen molar-refractivity contribution < 1.29 is 9.53 Å². The van der Waals surface area contributed by atoms with E-state index in [2.05, 4.69) is 35.0 Å². The third-order valence-electron chi connectivity index (χ3n) is 2.48. The van der Waals surface area contributed by atoms with Gasteiger partial charge < -0.3 is 4.74 Å². The smallest absolute Gasteiger partial charge is 0.305 e. The minimum atomic E-state index is -0.0835. The second-order valence-electron chi connectivity index (χ2n) is 4.13. The van der Waals surface area contributed by atoms with Gasteiger partial charge in [-0.25, -0.2) is 0 Å². The number of esters is 1. The molecule has 0 aliphatic carbocycles. The Kier molecular flexibility index (Phi) is 11.9. The first-order valence-corrected chi connectivity index (χ1v) is 7.56. The number of carbonyl (C=O) groups is 1. The lowest BCUT2D eigenvalue weighted by Crippen LogP contribution is -2.07. The Morgan fingerprint density at radius 3 is 2.59 bits per heavy atom. The number of carbonyl (C=O) groups excluding carboxylic acids is 1. The van der Waals surface area contributed by atoms with Gasteiger partial charge in [0.1, 0.15) is 0 Å². The zero-order chi connectivity index (χ0) is 12.9. The van der Waals surface area contributed by atoms with Crippen LogP contribution in [-0.2, 0) is 9.53 Å². The topological polar surface area (TPSA) is 26.3 Å². The third-order valence-corrected chi connectivity index (χ3v) is 3.39. The zero-order valence-electron chi connectivity index (χ0n) is 11.1. The molecule has 3 heteroatoms. The molecule has 0 saturated carbocycles. The summed E-state index contributed by atoms with van der Waals surface area (Å²) in [6.45, 7) is 4.51. The highest BCUT2D eigenvalue weighted by Crippen LogP contribution is 2.16. The molecule has 100 valence electrons. The van der Waals surface area contributed by atoms with Gasteiger partial charge in [-0.3, -0.25) is 4.79 Å². The fourth-order valence-electron chi connectivity index (χ4n) is 1.51. The fraction of sp³-hybridized carbons (Fsp3) is 0.786. The van der Waals surface area contributed by atoms with E-state index in [-0.39, 0.29) is 5.97 Å². The van der Waals surface area contributed by atoms with E-state index >= 15 is 0 Å². The molecule has 0 rings (SSSR count). The average Bonchev–Trinajstić information content (AvgIpc) is 2.31. The maximum atomic E-state index is 11.1. The minimum absolute atomic E-state index is 0.0835. The molecule has 0 fully saturated rings. The average molecular weight is 305 g/mol. The van der Waals surface area contributed by atoms with Crippen molar-refractivity contribution in [2.45, 2.75) is 63.6 Å². The molecule has 0 aromatic heterocycles. The molecule has 0 bridgehead atoms. The van der Waals surface area contributed by atoms with Crippen LogP contribution in [-0.4, -0.2) is 17.4 Å². The SMILES string of the molecule is CCC/C=C/CCCC(Br)CCC(=O)OCC. The molecule has 0 heterocycles. The number of allylic oxidation sites excluding steroid dienone is 2. The normalized spacial score (nSPS) is 12.9. The second kappa shape index (κ2) is 12.2. The van der Waals surface area contributed by atoms with Gasteiger partial charge in [0.05, 0.1) is 6.61 Å². The second-order valence-corrected chi connectivity index (χ2v) is 5.43. The Morgan fingerprint density at radius 2 is 1.94 bits per heavy atom. The van der Waals surface area contributed by atoms with Crippen LogP contribution in [0.4, 0.5) is 0 Å². The van der Waals surface area contributed by atoms with Crippen LogP contribution >= 0.6 is 15.9 Å². The Morgan fingerprint density at radius 1 is 1.24 bits per heavy atom. The molecular weight excluding hydrogens is 280 g/mol. The predicted octanol–water partition coefficient (Wildman–Crippen LogP) is 4.62. The summed E-state index contributed by atoms with van der Waals surface area (Å²) in [4.78, 5) is 11.6. The van der Waals surface area contributed by atoms with Crippen LogP contribution in [0.25, 0.3) is 0 Å². The quantitative estimate of drug-likeness (QED) is 0.255. The Balaban J connectivity index is 3.40. The first-order chi connectivity index (χ1) is 8.20. The van der Waals surface area contributed by atoms with E-state index in [9.17, 15) is 4.79 Å². The van der Waals surface area contributed by atoms with Crippen molar-refractivity contribution in [3.8, 4) is 0 Å². The molecule has 0 saturated heterocycles. The number of rotatable bonds is 10. The van der Waals surface area contributed by atoms with Crippen LogP contribution in [0.15, 0.2) is 12.2 Å². The van der Waals surface area contributed by atoms with Crippen LogP contribution in [0.1, 0.15) is 58.8 Å². The van der Waals surface area contributed by atoms with E-state index in [1.54, 1.807) is 0 Å². The molecule has 1 unspecified atom stereocenters. The monoisotopic (exact) mass is 304 g/mol. The number of unbranched alkanes of at least 4 members (excludes halogenated alkanes) is 2. The minimum Gasteiger partial charge on any atom is -0.466 e. The number of alkyl halides is 1. The van der Waals surface area contributed by atoms with Crippen LogP contribution in [0, 0.1) is 0 Å². The highest BCUT2D eigenvalue weighted by molar-refractivity contribution is 9.09. The molecule has 1 atom stereocenters. The molecule has 0 radical (unpaired) electrons. The van der Waals surface area contributed by atoms with Gasteiger partial charge in [0.25, 0.3) is 0 Å². The van der Waals surface area contributed by atoms with E-state index in [0.717, 1.165) is 19.3 Å². The summed E-state index contributed by atoms with van der Waals surface area (Å²) >= 11 is 3.61. The molecule has 0 aliphatic rings. The van der Waals surface area contributed by atoms with Crippen LogP contribution < -0.4 is 0 Å². The van der Waals surface area contributed by atoms with Crippen molar-refractivity contribution in [1.29, 1.82) is 0 Å². The highest BCUT2D eigenvalue weighted by atomic mass is 79.9. The lowest BCUT2D eigenvalue weighted by Gasteiger charge is -2.08. The van der Waals surface area contributed by atoms with Crippen LogP contribution in [0.2, 0.25) is 0 Å². The molecule has 0 aromatic carbocycles. The van der Waals surface area contributed by atoms with E-state index in [1.165, 1.54) is 19.3 Å². The zero-order valence-corrected chi connectivity index (χ0v) is 12.7. The van der Waals surface area contributed by atoms with Crippen molar-refractivity contribution >= 4 is 21.9 Å². The first-order valence-electron chi connectivity index (χ1n) is 6.65. The van der Waals surface area contributed by atoms with Gasteiger partial charge in [-0.1, -0.05) is 41.4 Å². The van der Waals surface area contributed by atoms with Gasteiger partial charge in [0.15, 0.2) is 0 Å². The Labute approximate surface area is 114 Å². The maximum absolute atomic E-state index is 11.1. The molecule has 0 amide bonds. The van der Waals surface area contributed by atoms with E-state index in [4.69, 9.17) is 4.74 Å². The lowest BCUT2D eigenvalue weighted by molar-refractivity contribution is -0.143. The molecule has 0 spiro atoms. The van der Waals surface area contributed by atoms with Gasteiger partial charge in [-0.05, 0) is 39.0 Å². The van der Waals surface area contributed by atoms with Crippen molar-refractivity contribution in [2.24, 2.45) is 0 Å². The lowest BCUT2D eigenvalue weighted by atomic mass is 10.1. The van der Waals surface area contributed by atoms with Crippen molar-refractivity contribution in [1.82, 2.24) is 0 Å². The number of halogens is 1. The number of ether oxygens (including phenoxy) is 1. The van der Waals surface area contributed by atoms with E-state index in [1.807, 2.05) is 6.92 Å². The molecular formula is C14H25BrO2. The number of hydrogen-bond donors (Lipinski definition) is 0.